The normalized spacial score (nSPS) is 11.7. The van der Waals surface area contributed by atoms with Gasteiger partial charge in [0, 0.05) is 10.7 Å². The van der Waals surface area contributed by atoms with Gasteiger partial charge in [-0.15, -0.1) is 0 Å². The van der Waals surface area contributed by atoms with Crippen LogP contribution in [0.5, 0.6) is 0 Å². The first-order valence-corrected chi connectivity index (χ1v) is 6.35. The summed E-state index contributed by atoms with van der Waals surface area (Å²) in [6.45, 7) is 1.59. The molecular weight excluding hydrogens is 280 g/mol. The predicted molar refractivity (Wildman–Crippen MR) is 75.7 cm³/mol. The highest BCUT2D eigenvalue weighted by Crippen LogP contribution is 2.13. The van der Waals surface area contributed by atoms with Gasteiger partial charge in [-0.25, -0.2) is 0 Å². The Kier molecular flexibility index (Phi) is 4.42. The third-order valence-corrected chi connectivity index (χ3v) is 2.85. The van der Waals surface area contributed by atoms with Gasteiger partial charge in [-0.2, -0.15) is 0 Å². The van der Waals surface area contributed by atoms with Gasteiger partial charge in [-0.05, 0) is 43.3 Å². The summed E-state index contributed by atoms with van der Waals surface area (Å²) in [5.41, 5.74) is 0.610. The molecule has 0 aliphatic carbocycles. The van der Waals surface area contributed by atoms with Gasteiger partial charge in [0.25, 0.3) is 5.91 Å². The lowest BCUT2D eigenvalue weighted by Crippen LogP contribution is -2.41. The SMILES string of the molecule is C[C@@H](NC(=O)c1ccco1)C(=O)Nc1ccc(Cl)cc1. The molecule has 2 amide bonds. The Hall–Kier alpha value is -2.27. The summed E-state index contributed by atoms with van der Waals surface area (Å²) in [6.07, 6.45) is 1.40. The maximum Gasteiger partial charge on any atom is 0.287 e. The molecule has 2 rings (SSSR count). The standard InChI is InChI=1S/C14H13ClN2O3/c1-9(16-14(19)12-3-2-8-20-12)13(18)17-11-6-4-10(15)5-7-11/h2-9H,1H3,(H,16,19)(H,17,18)/t9-/m1/s1. The first kappa shape index (κ1) is 14.1. The van der Waals surface area contributed by atoms with Crippen LogP contribution in [0.2, 0.25) is 5.02 Å². The fourth-order valence-corrected chi connectivity index (χ4v) is 1.65. The van der Waals surface area contributed by atoms with Crippen molar-refractivity contribution in [3.8, 4) is 0 Å². The van der Waals surface area contributed by atoms with Crippen LogP contribution in [0, 0.1) is 0 Å². The molecule has 0 spiro atoms. The minimum Gasteiger partial charge on any atom is -0.459 e. The molecule has 2 aromatic rings. The van der Waals surface area contributed by atoms with Gasteiger partial charge in [0.2, 0.25) is 5.91 Å². The van der Waals surface area contributed by atoms with Gasteiger partial charge in [0.1, 0.15) is 6.04 Å². The lowest BCUT2D eigenvalue weighted by atomic mass is 10.2. The summed E-state index contributed by atoms with van der Waals surface area (Å²) >= 11 is 5.76. The van der Waals surface area contributed by atoms with E-state index in [1.165, 1.54) is 12.3 Å². The second-order valence-corrected chi connectivity index (χ2v) is 4.61. The molecule has 0 aliphatic heterocycles. The summed E-state index contributed by atoms with van der Waals surface area (Å²) in [6, 6.07) is 9.14. The van der Waals surface area contributed by atoms with E-state index in [4.69, 9.17) is 16.0 Å². The van der Waals surface area contributed by atoms with Crippen LogP contribution in [0.15, 0.2) is 47.1 Å². The highest BCUT2D eigenvalue weighted by Gasteiger charge is 2.18. The minimum atomic E-state index is -0.691. The van der Waals surface area contributed by atoms with Crippen molar-refractivity contribution in [3.63, 3.8) is 0 Å². The third kappa shape index (κ3) is 3.61. The number of nitrogens with one attached hydrogen (secondary N) is 2. The van der Waals surface area contributed by atoms with Crippen molar-refractivity contribution in [1.29, 1.82) is 0 Å². The Morgan fingerprint density at radius 3 is 2.50 bits per heavy atom. The van der Waals surface area contributed by atoms with Crippen molar-refractivity contribution in [2.45, 2.75) is 13.0 Å². The molecule has 0 saturated carbocycles. The number of anilines is 1. The number of benzene rings is 1. The van der Waals surface area contributed by atoms with Crippen LogP contribution >= 0.6 is 11.6 Å². The van der Waals surface area contributed by atoms with E-state index in [0.717, 1.165) is 0 Å². The van der Waals surface area contributed by atoms with Crippen LogP contribution in [0.1, 0.15) is 17.5 Å². The van der Waals surface area contributed by atoms with E-state index in [1.54, 1.807) is 37.3 Å². The fraction of sp³-hybridized carbons (Fsp3) is 0.143. The molecule has 2 N–H and O–H groups in total. The molecule has 0 unspecified atom stereocenters. The summed E-state index contributed by atoms with van der Waals surface area (Å²) in [4.78, 5) is 23.6. The van der Waals surface area contributed by atoms with E-state index in [2.05, 4.69) is 10.6 Å². The number of rotatable bonds is 4. The Labute approximate surface area is 120 Å². The highest BCUT2D eigenvalue weighted by atomic mass is 35.5. The zero-order valence-electron chi connectivity index (χ0n) is 10.7. The molecule has 0 fully saturated rings. The fourth-order valence-electron chi connectivity index (χ4n) is 1.52. The Morgan fingerprint density at radius 1 is 1.20 bits per heavy atom. The van der Waals surface area contributed by atoms with E-state index in [-0.39, 0.29) is 11.7 Å². The molecule has 0 saturated heterocycles. The Bertz CT molecular complexity index is 593. The van der Waals surface area contributed by atoms with Crippen LogP contribution < -0.4 is 10.6 Å². The molecule has 0 bridgehead atoms. The first-order chi connectivity index (χ1) is 9.56. The van der Waals surface area contributed by atoms with Gasteiger partial charge in [-0.3, -0.25) is 9.59 Å². The van der Waals surface area contributed by atoms with Crippen molar-refractivity contribution in [2.24, 2.45) is 0 Å². The van der Waals surface area contributed by atoms with E-state index in [9.17, 15) is 9.59 Å². The molecule has 1 aromatic carbocycles. The minimum absolute atomic E-state index is 0.163. The van der Waals surface area contributed by atoms with Gasteiger partial charge in [-0.1, -0.05) is 11.6 Å². The summed E-state index contributed by atoms with van der Waals surface area (Å²) in [5.74, 6) is -0.600. The zero-order valence-corrected chi connectivity index (χ0v) is 11.5. The summed E-state index contributed by atoms with van der Waals surface area (Å²) in [5, 5.41) is 5.80. The van der Waals surface area contributed by atoms with Crippen molar-refractivity contribution in [3.05, 3.63) is 53.4 Å². The molecule has 0 radical (unpaired) electrons. The molecule has 1 atom stereocenters. The van der Waals surface area contributed by atoms with E-state index < -0.39 is 11.9 Å². The molecule has 104 valence electrons. The third-order valence-electron chi connectivity index (χ3n) is 2.60. The quantitative estimate of drug-likeness (QED) is 0.910. The van der Waals surface area contributed by atoms with Gasteiger partial charge in [0.05, 0.1) is 6.26 Å². The molecule has 0 aliphatic rings. The zero-order chi connectivity index (χ0) is 14.5. The highest BCUT2D eigenvalue weighted by molar-refractivity contribution is 6.30. The van der Waals surface area contributed by atoms with Crippen molar-refractivity contribution in [2.75, 3.05) is 5.32 Å². The van der Waals surface area contributed by atoms with Crippen LogP contribution in [-0.4, -0.2) is 17.9 Å². The monoisotopic (exact) mass is 292 g/mol. The number of halogens is 1. The molecular formula is C14H13ClN2O3. The van der Waals surface area contributed by atoms with Gasteiger partial charge >= 0.3 is 0 Å². The maximum atomic E-state index is 11.9. The topological polar surface area (TPSA) is 71.3 Å². The number of hydrogen-bond acceptors (Lipinski definition) is 3. The number of furan rings is 1. The average Bonchev–Trinajstić information content (AvgIpc) is 2.95. The molecule has 20 heavy (non-hydrogen) atoms. The number of amides is 2. The van der Waals surface area contributed by atoms with Crippen LogP contribution in [0.4, 0.5) is 5.69 Å². The van der Waals surface area contributed by atoms with Crippen molar-refractivity contribution >= 4 is 29.1 Å². The number of carbonyl (C=O) groups excluding carboxylic acids is 2. The second-order valence-electron chi connectivity index (χ2n) is 4.17. The Balaban J connectivity index is 1.92. The summed E-state index contributed by atoms with van der Waals surface area (Å²) < 4.78 is 4.95. The number of carbonyl (C=O) groups is 2. The van der Waals surface area contributed by atoms with Gasteiger partial charge < -0.3 is 15.1 Å². The molecule has 1 heterocycles. The smallest absolute Gasteiger partial charge is 0.287 e. The van der Waals surface area contributed by atoms with E-state index in [1.807, 2.05) is 0 Å². The average molecular weight is 293 g/mol. The van der Waals surface area contributed by atoms with Crippen LogP contribution in [-0.2, 0) is 4.79 Å². The largest absolute Gasteiger partial charge is 0.459 e. The molecule has 6 heteroatoms. The first-order valence-electron chi connectivity index (χ1n) is 5.97. The summed E-state index contributed by atoms with van der Waals surface area (Å²) in [7, 11) is 0. The van der Waals surface area contributed by atoms with Crippen molar-refractivity contribution < 1.29 is 14.0 Å². The maximum absolute atomic E-state index is 11.9. The van der Waals surface area contributed by atoms with Gasteiger partial charge in [0.15, 0.2) is 5.76 Å². The van der Waals surface area contributed by atoms with E-state index in [0.29, 0.717) is 10.7 Å². The van der Waals surface area contributed by atoms with Crippen LogP contribution in [0.3, 0.4) is 0 Å². The van der Waals surface area contributed by atoms with Crippen LogP contribution in [0.25, 0.3) is 0 Å². The lowest BCUT2D eigenvalue weighted by molar-refractivity contribution is -0.117. The predicted octanol–water partition coefficient (Wildman–Crippen LogP) is 2.69. The second kappa shape index (κ2) is 6.25. The lowest BCUT2D eigenvalue weighted by Gasteiger charge is -2.13. The van der Waals surface area contributed by atoms with Crippen molar-refractivity contribution in [1.82, 2.24) is 5.32 Å². The van der Waals surface area contributed by atoms with E-state index >= 15 is 0 Å². The Morgan fingerprint density at radius 2 is 1.90 bits per heavy atom. The molecule has 1 aromatic heterocycles. The number of hydrogen-bond donors (Lipinski definition) is 2. The molecule has 5 nitrogen and oxygen atoms in total.